The number of nitriles is 1. The number of fused-ring (bicyclic) bond motifs is 1. The van der Waals surface area contributed by atoms with Crippen LogP contribution < -0.4 is 5.32 Å². The van der Waals surface area contributed by atoms with Crippen LogP contribution in [0.5, 0.6) is 0 Å². The number of halogens is 2. The van der Waals surface area contributed by atoms with E-state index >= 15 is 0 Å². The Morgan fingerprint density at radius 2 is 2.31 bits per heavy atom. The van der Waals surface area contributed by atoms with Crippen LogP contribution in [0.4, 0.5) is 4.39 Å². The lowest BCUT2D eigenvalue weighted by molar-refractivity contribution is -0.116. The molecule has 0 saturated carbocycles. The van der Waals surface area contributed by atoms with Crippen molar-refractivity contribution in [1.29, 1.82) is 5.26 Å². The molecule has 26 heavy (non-hydrogen) atoms. The molecule has 132 valence electrons. The topological polar surface area (TPSA) is 81.6 Å². The van der Waals surface area contributed by atoms with Gasteiger partial charge in [-0.2, -0.15) is 5.26 Å². The number of aromatic nitrogens is 2. The summed E-state index contributed by atoms with van der Waals surface area (Å²) in [6.07, 6.45) is 9.04. The summed E-state index contributed by atoms with van der Waals surface area (Å²) in [4.78, 5) is 19.3. The number of H-pyrrole nitrogens is 1. The minimum atomic E-state index is -0.583. The van der Waals surface area contributed by atoms with E-state index in [1.165, 1.54) is 24.4 Å². The third kappa shape index (κ3) is 4.91. The summed E-state index contributed by atoms with van der Waals surface area (Å²) in [6, 6.07) is 3.58. The van der Waals surface area contributed by atoms with E-state index < -0.39 is 11.7 Å². The van der Waals surface area contributed by atoms with E-state index in [4.69, 9.17) is 11.6 Å². The Morgan fingerprint density at radius 3 is 2.96 bits per heavy atom. The van der Waals surface area contributed by atoms with Crippen LogP contribution in [0.3, 0.4) is 0 Å². The van der Waals surface area contributed by atoms with Gasteiger partial charge in [-0.1, -0.05) is 30.3 Å². The number of hydrogen-bond acceptors (Lipinski definition) is 3. The molecule has 2 heterocycles. The number of allylic oxidation sites excluding steroid dienone is 3. The summed E-state index contributed by atoms with van der Waals surface area (Å²) < 4.78 is 12.7. The highest BCUT2D eigenvalue weighted by atomic mass is 35.5. The highest BCUT2D eigenvalue weighted by molar-refractivity contribution is 6.31. The molecule has 0 fully saturated rings. The molecule has 5 nitrogen and oxygen atoms in total. The van der Waals surface area contributed by atoms with Gasteiger partial charge in [-0.15, -0.1) is 0 Å². The first-order valence-corrected chi connectivity index (χ1v) is 8.02. The number of carbonyl (C=O) groups is 1. The van der Waals surface area contributed by atoms with Crippen LogP contribution in [0.2, 0.25) is 5.02 Å². The zero-order chi connectivity index (χ0) is 19.1. The van der Waals surface area contributed by atoms with Gasteiger partial charge in [0.2, 0.25) is 0 Å². The molecule has 2 rings (SSSR count). The molecule has 1 amide bonds. The lowest BCUT2D eigenvalue weighted by Gasteiger charge is -2.05. The van der Waals surface area contributed by atoms with Gasteiger partial charge in [0.1, 0.15) is 23.1 Å². The third-order valence-electron chi connectivity index (χ3n) is 3.50. The summed E-state index contributed by atoms with van der Waals surface area (Å²) in [5, 5.41) is 13.1. The first-order chi connectivity index (χ1) is 12.4. The van der Waals surface area contributed by atoms with Crippen molar-refractivity contribution in [3.05, 3.63) is 70.8 Å². The van der Waals surface area contributed by atoms with Crippen molar-refractivity contribution >= 4 is 34.6 Å². The first kappa shape index (κ1) is 19.2. The molecule has 2 aromatic heterocycles. The summed E-state index contributed by atoms with van der Waals surface area (Å²) in [5.41, 5.74) is 1.84. The number of nitrogens with zero attached hydrogens (tertiary/aromatic N) is 2. The van der Waals surface area contributed by atoms with E-state index in [1.807, 2.05) is 6.07 Å². The van der Waals surface area contributed by atoms with Crippen LogP contribution in [-0.4, -0.2) is 22.4 Å². The Morgan fingerprint density at radius 1 is 1.54 bits per heavy atom. The number of carbonyl (C=O) groups excluding carboxylic acids is 1. The van der Waals surface area contributed by atoms with Crippen molar-refractivity contribution < 1.29 is 9.18 Å². The van der Waals surface area contributed by atoms with E-state index in [0.29, 0.717) is 27.2 Å². The number of pyridine rings is 1. The van der Waals surface area contributed by atoms with Crippen LogP contribution in [0.25, 0.3) is 17.1 Å². The van der Waals surface area contributed by atoms with Crippen molar-refractivity contribution in [3.8, 4) is 6.07 Å². The Balaban J connectivity index is 2.18. The SMILES string of the molecule is C=C(F)/C=C\C(=C/C)CNC(=O)/C(C#N)=C/c1c[nH]c2ncc(Cl)cc12. The minimum Gasteiger partial charge on any atom is -0.347 e. The van der Waals surface area contributed by atoms with Gasteiger partial charge in [-0.05, 0) is 30.7 Å². The number of rotatable bonds is 6. The fraction of sp³-hybridized carbons (Fsp3) is 0.105. The van der Waals surface area contributed by atoms with Gasteiger partial charge in [-0.25, -0.2) is 9.37 Å². The third-order valence-corrected chi connectivity index (χ3v) is 3.70. The number of amides is 1. The molecule has 0 atom stereocenters. The molecule has 0 spiro atoms. The summed E-state index contributed by atoms with van der Waals surface area (Å²) in [6.45, 7) is 5.05. The van der Waals surface area contributed by atoms with Gasteiger partial charge in [0.05, 0.1) is 5.02 Å². The first-order valence-electron chi connectivity index (χ1n) is 7.65. The minimum absolute atomic E-state index is 0.0693. The maximum absolute atomic E-state index is 12.7. The predicted molar refractivity (Wildman–Crippen MR) is 101 cm³/mol. The van der Waals surface area contributed by atoms with Crippen LogP contribution in [0.15, 0.2) is 60.2 Å². The van der Waals surface area contributed by atoms with Crippen molar-refractivity contribution in [2.45, 2.75) is 6.92 Å². The van der Waals surface area contributed by atoms with E-state index in [-0.39, 0.29) is 12.1 Å². The smallest absolute Gasteiger partial charge is 0.262 e. The van der Waals surface area contributed by atoms with Crippen molar-refractivity contribution in [2.24, 2.45) is 0 Å². The van der Waals surface area contributed by atoms with Gasteiger partial charge >= 0.3 is 0 Å². The second-order valence-corrected chi connectivity index (χ2v) is 5.73. The lowest BCUT2D eigenvalue weighted by Crippen LogP contribution is -2.26. The summed E-state index contributed by atoms with van der Waals surface area (Å²) in [5.74, 6) is -1.12. The second kappa shape index (κ2) is 8.79. The van der Waals surface area contributed by atoms with E-state index in [9.17, 15) is 14.4 Å². The van der Waals surface area contributed by atoms with Gasteiger partial charge in [0.15, 0.2) is 0 Å². The van der Waals surface area contributed by atoms with Crippen LogP contribution >= 0.6 is 11.6 Å². The molecule has 0 radical (unpaired) electrons. The molecule has 7 heteroatoms. The van der Waals surface area contributed by atoms with Crippen molar-refractivity contribution in [1.82, 2.24) is 15.3 Å². The normalized spacial score (nSPS) is 12.4. The Kier molecular flexibility index (Phi) is 6.48. The lowest BCUT2D eigenvalue weighted by atomic mass is 10.1. The molecule has 0 aliphatic rings. The fourth-order valence-corrected chi connectivity index (χ4v) is 2.31. The molecule has 0 unspecified atom stereocenters. The molecule has 2 N–H and O–H groups in total. The number of nitrogens with one attached hydrogen (secondary N) is 2. The average Bonchev–Trinajstić information content (AvgIpc) is 3.01. The quantitative estimate of drug-likeness (QED) is 0.453. The zero-order valence-corrected chi connectivity index (χ0v) is 14.8. The van der Waals surface area contributed by atoms with E-state index in [1.54, 1.807) is 25.3 Å². The van der Waals surface area contributed by atoms with Crippen LogP contribution in [0, 0.1) is 11.3 Å². The standard InChI is InChI=1S/C19H16ClFN4O/c1-3-13(5-4-12(2)21)9-25-19(26)14(8-22)6-15-10-23-18-17(15)7-16(20)11-24-18/h3-7,10-11H,2,9H2,1H3,(H,23,24)(H,25,26)/b5-4-,13-3+,14-6+. The maximum atomic E-state index is 12.7. The van der Waals surface area contributed by atoms with Crippen molar-refractivity contribution in [3.63, 3.8) is 0 Å². The maximum Gasteiger partial charge on any atom is 0.262 e. The zero-order valence-electron chi connectivity index (χ0n) is 14.0. The largest absolute Gasteiger partial charge is 0.347 e. The van der Waals surface area contributed by atoms with Crippen molar-refractivity contribution in [2.75, 3.05) is 6.54 Å². The second-order valence-electron chi connectivity index (χ2n) is 5.29. The Labute approximate surface area is 155 Å². The molecule has 0 saturated heterocycles. The molecule has 0 aliphatic carbocycles. The molecule has 0 aromatic carbocycles. The molecule has 2 aromatic rings. The summed E-state index contributed by atoms with van der Waals surface area (Å²) >= 11 is 5.95. The van der Waals surface area contributed by atoms with Gasteiger partial charge in [-0.3, -0.25) is 4.79 Å². The average molecular weight is 371 g/mol. The Hall–Kier alpha value is -3.17. The molecule has 0 aliphatic heterocycles. The van der Waals surface area contributed by atoms with Gasteiger partial charge < -0.3 is 10.3 Å². The molecule has 0 bridgehead atoms. The van der Waals surface area contributed by atoms with Crippen LogP contribution in [-0.2, 0) is 4.79 Å². The Bertz CT molecular complexity index is 979. The van der Waals surface area contributed by atoms with E-state index in [0.717, 1.165) is 0 Å². The van der Waals surface area contributed by atoms with Gasteiger partial charge in [0, 0.05) is 29.9 Å². The van der Waals surface area contributed by atoms with Crippen LogP contribution in [0.1, 0.15) is 12.5 Å². The van der Waals surface area contributed by atoms with Gasteiger partial charge in [0.25, 0.3) is 5.91 Å². The molecular formula is C19H16ClFN4O. The number of aromatic amines is 1. The molecular weight excluding hydrogens is 355 g/mol. The highest BCUT2D eigenvalue weighted by Crippen LogP contribution is 2.22. The monoisotopic (exact) mass is 370 g/mol. The predicted octanol–water partition coefficient (Wildman–Crippen LogP) is 4.23. The highest BCUT2D eigenvalue weighted by Gasteiger charge is 2.11. The fourth-order valence-electron chi connectivity index (χ4n) is 2.15. The number of hydrogen-bond donors (Lipinski definition) is 2. The summed E-state index contributed by atoms with van der Waals surface area (Å²) in [7, 11) is 0. The van der Waals surface area contributed by atoms with E-state index in [2.05, 4.69) is 21.9 Å².